The fraction of sp³-hybridized carbons (Fsp3) is 0.533. The lowest BCUT2D eigenvalue weighted by molar-refractivity contribution is 0.488. The van der Waals surface area contributed by atoms with E-state index in [0.717, 1.165) is 52.5 Å². The molecule has 1 atom stereocenters. The van der Waals surface area contributed by atoms with Crippen molar-refractivity contribution in [3.8, 4) is 0 Å². The predicted octanol–water partition coefficient (Wildman–Crippen LogP) is 4.27. The van der Waals surface area contributed by atoms with Crippen molar-refractivity contribution in [2.45, 2.75) is 39.2 Å². The van der Waals surface area contributed by atoms with Crippen LogP contribution in [0.4, 0.5) is 0 Å². The van der Waals surface area contributed by atoms with E-state index in [1.807, 2.05) is 17.8 Å². The fourth-order valence-corrected chi connectivity index (χ4v) is 3.29. The summed E-state index contributed by atoms with van der Waals surface area (Å²) in [5.41, 5.74) is 3.11. The van der Waals surface area contributed by atoms with Gasteiger partial charge >= 0.3 is 0 Å². The number of nitrogens with one attached hydrogen (secondary N) is 1. The second-order valence-electron chi connectivity index (χ2n) is 5.05. The molecule has 0 saturated heterocycles. The topological polar surface area (TPSA) is 43.0 Å². The van der Waals surface area contributed by atoms with Gasteiger partial charge in [0.25, 0.3) is 0 Å². The van der Waals surface area contributed by atoms with E-state index in [2.05, 4.69) is 40.2 Å². The van der Waals surface area contributed by atoms with Crippen LogP contribution >= 0.6 is 27.5 Å². The molecule has 0 bridgehead atoms. The lowest BCUT2D eigenvalue weighted by Gasteiger charge is -2.18. The molecule has 2 aromatic heterocycles. The highest BCUT2D eigenvalue weighted by atomic mass is 79.9. The van der Waals surface area contributed by atoms with Crippen LogP contribution in [0.1, 0.15) is 43.3 Å². The Morgan fingerprint density at radius 1 is 1.48 bits per heavy atom. The van der Waals surface area contributed by atoms with Crippen LogP contribution < -0.4 is 5.32 Å². The van der Waals surface area contributed by atoms with Gasteiger partial charge in [0.1, 0.15) is 0 Å². The van der Waals surface area contributed by atoms with Crippen LogP contribution in [-0.2, 0) is 19.9 Å². The van der Waals surface area contributed by atoms with Gasteiger partial charge in [-0.3, -0.25) is 4.68 Å². The van der Waals surface area contributed by atoms with Gasteiger partial charge in [-0.05, 0) is 41.4 Å². The van der Waals surface area contributed by atoms with E-state index < -0.39 is 0 Å². The largest absolute Gasteiger partial charge is 0.457 e. The number of aryl methyl sites for hydroxylation is 2. The van der Waals surface area contributed by atoms with Crippen molar-refractivity contribution in [3.05, 3.63) is 39.0 Å². The molecule has 0 aliphatic heterocycles. The SMILES string of the molecule is CCCNC(Cc1c(Cl)c(CC)nn1C)c1ccoc1Br. The third kappa shape index (κ3) is 3.71. The van der Waals surface area contributed by atoms with E-state index in [1.165, 1.54) is 0 Å². The zero-order valence-electron chi connectivity index (χ0n) is 12.6. The minimum absolute atomic E-state index is 0.149. The van der Waals surface area contributed by atoms with E-state index >= 15 is 0 Å². The van der Waals surface area contributed by atoms with Gasteiger partial charge in [0.15, 0.2) is 4.67 Å². The molecule has 0 saturated carbocycles. The van der Waals surface area contributed by atoms with Crippen LogP contribution in [0.3, 0.4) is 0 Å². The molecule has 0 radical (unpaired) electrons. The normalized spacial score (nSPS) is 12.8. The van der Waals surface area contributed by atoms with Crippen molar-refractivity contribution in [2.24, 2.45) is 7.05 Å². The number of hydrogen-bond donors (Lipinski definition) is 1. The van der Waals surface area contributed by atoms with Crippen molar-refractivity contribution < 1.29 is 4.42 Å². The maximum atomic E-state index is 6.46. The van der Waals surface area contributed by atoms with Gasteiger partial charge in [-0.2, -0.15) is 5.10 Å². The maximum Gasteiger partial charge on any atom is 0.173 e. The Morgan fingerprint density at radius 2 is 2.24 bits per heavy atom. The molecule has 0 fully saturated rings. The molecule has 2 heterocycles. The molecule has 0 aliphatic rings. The van der Waals surface area contributed by atoms with Gasteiger partial charge in [-0.1, -0.05) is 25.4 Å². The van der Waals surface area contributed by atoms with E-state index in [0.29, 0.717) is 0 Å². The average Bonchev–Trinajstić information content (AvgIpc) is 3.00. The number of hydrogen-bond acceptors (Lipinski definition) is 3. The molecule has 6 heteroatoms. The highest BCUT2D eigenvalue weighted by molar-refractivity contribution is 9.10. The third-order valence-corrected chi connectivity index (χ3v) is 4.64. The number of rotatable bonds is 7. The van der Waals surface area contributed by atoms with Gasteiger partial charge < -0.3 is 9.73 Å². The Hall–Kier alpha value is -0.780. The van der Waals surface area contributed by atoms with Crippen molar-refractivity contribution >= 4 is 27.5 Å². The molecule has 0 amide bonds. The lowest BCUT2D eigenvalue weighted by Crippen LogP contribution is -2.25. The molecule has 1 N–H and O–H groups in total. The summed E-state index contributed by atoms with van der Waals surface area (Å²) in [6, 6.07) is 2.14. The summed E-state index contributed by atoms with van der Waals surface area (Å²) in [6.45, 7) is 5.16. The fourth-order valence-electron chi connectivity index (χ4n) is 2.40. The Kier molecular flexibility index (Phi) is 5.90. The van der Waals surface area contributed by atoms with Crippen molar-refractivity contribution in [3.63, 3.8) is 0 Å². The van der Waals surface area contributed by atoms with Crippen molar-refractivity contribution in [1.82, 2.24) is 15.1 Å². The first-order chi connectivity index (χ1) is 10.1. The van der Waals surface area contributed by atoms with Crippen LogP contribution in [0.15, 0.2) is 21.4 Å². The number of halogens is 2. The average molecular weight is 375 g/mol. The molecule has 2 rings (SSSR count). The first-order valence-corrected chi connectivity index (χ1v) is 8.42. The molecule has 0 aliphatic carbocycles. The summed E-state index contributed by atoms with van der Waals surface area (Å²) in [6.07, 6.45) is 4.39. The van der Waals surface area contributed by atoms with Crippen molar-refractivity contribution in [2.75, 3.05) is 6.54 Å². The summed E-state index contributed by atoms with van der Waals surface area (Å²) < 4.78 is 8.02. The predicted molar refractivity (Wildman–Crippen MR) is 88.7 cm³/mol. The van der Waals surface area contributed by atoms with Gasteiger partial charge in [0.05, 0.1) is 22.7 Å². The van der Waals surface area contributed by atoms with E-state index in [9.17, 15) is 0 Å². The first kappa shape index (κ1) is 16.6. The molecular formula is C15H21BrClN3O. The molecular weight excluding hydrogens is 354 g/mol. The third-order valence-electron chi connectivity index (χ3n) is 3.56. The smallest absolute Gasteiger partial charge is 0.173 e. The maximum absolute atomic E-state index is 6.46. The molecule has 1 unspecified atom stereocenters. The first-order valence-electron chi connectivity index (χ1n) is 7.24. The summed E-state index contributed by atoms with van der Waals surface area (Å²) in [4.78, 5) is 0. The van der Waals surface area contributed by atoms with E-state index in [-0.39, 0.29) is 6.04 Å². The molecule has 116 valence electrons. The van der Waals surface area contributed by atoms with Gasteiger partial charge in [-0.15, -0.1) is 0 Å². The van der Waals surface area contributed by atoms with Gasteiger partial charge in [0, 0.05) is 25.1 Å². The Bertz CT molecular complexity index is 594. The van der Waals surface area contributed by atoms with Crippen LogP contribution in [0.2, 0.25) is 5.02 Å². The van der Waals surface area contributed by atoms with E-state index in [1.54, 1.807) is 6.26 Å². The lowest BCUT2D eigenvalue weighted by atomic mass is 10.0. The molecule has 2 aromatic rings. The van der Waals surface area contributed by atoms with Crippen LogP contribution in [-0.4, -0.2) is 16.3 Å². The van der Waals surface area contributed by atoms with Crippen LogP contribution in [0.5, 0.6) is 0 Å². The zero-order chi connectivity index (χ0) is 15.4. The highest BCUT2D eigenvalue weighted by Crippen LogP contribution is 2.30. The summed E-state index contributed by atoms with van der Waals surface area (Å²) in [5, 5.41) is 8.82. The Morgan fingerprint density at radius 3 is 2.76 bits per heavy atom. The number of furan rings is 1. The summed E-state index contributed by atoms with van der Waals surface area (Å²) in [7, 11) is 1.95. The van der Waals surface area contributed by atoms with Crippen LogP contribution in [0, 0.1) is 0 Å². The molecule has 21 heavy (non-hydrogen) atoms. The minimum Gasteiger partial charge on any atom is -0.457 e. The van der Waals surface area contributed by atoms with E-state index in [4.69, 9.17) is 16.0 Å². The number of nitrogens with zero attached hydrogens (tertiary/aromatic N) is 2. The van der Waals surface area contributed by atoms with Crippen LogP contribution in [0.25, 0.3) is 0 Å². The van der Waals surface area contributed by atoms with Gasteiger partial charge in [0.2, 0.25) is 0 Å². The standard InChI is InChI=1S/C15H21BrClN3O/c1-4-7-18-12(10-6-8-21-15(10)16)9-13-14(17)11(5-2)19-20(13)3/h6,8,12,18H,4-5,7,9H2,1-3H3. The molecule has 0 aromatic carbocycles. The Balaban J connectivity index is 2.27. The quantitative estimate of drug-likeness (QED) is 0.787. The number of aromatic nitrogens is 2. The minimum atomic E-state index is 0.149. The van der Waals surface area contributed by atoms with Gasteiger partial charge in [-0.25, -0.2) is 0 Å². The molecule has 0 spiro atoms. The summed E-state index contributed by atoms with van der Waals surface area (Å²) >= 11 is 9.93. The Labute approximate surface area is 139 Å². The molecule has 4 nitrogen and oxygen atoms in total. The zero-order valence-corrected chi connectivity index (χ0v) is 15.0. The summed E-state index contributed by atoms with van der Waals surface area (Å²) in [5.74, 6) is 0. The second-order valence-corrected chi connectivity index (χ2v) is 6.14. The van der Waals surface area contributed by atoms with Crippen molar-refractivity contribution in [1.29, 1.82) is 0 Å². The second kappa shape index (κ2) is 7.47. The monoisotopic (exact) mass is 373 g/mol. The highest BCUT2D eigenvalue weighted by Gasteiger charge is 2.21.